The number of hydrogen-bond acceptors (Lipinski definition) is 4. The highest BCUT2D eigenvalue weighted by molar-refractivity contribution is 5.72. The van der Waals surface area contributed by atoms with Crippen LogP contribution in [0.25, 0.3) is 0 Å². The average molecular weight is 189 g/mol. The minimum atomic E-state index is -0.532. The fourth-order valence-corrected chi connectivity index (χ4v) is 0.808. The first-order valence-corrected chi connectivity index (χ1v) is 4.05. The van der Waals surface area contributed by atoms with Crippen molar-refractivity contribution in [1.82, 2.24) is 5.32 Å². The quantitative estimate of drug-likeness (QED) is 0.660. The van der Waals surface area contributed by atoms with Gasteiger partial charge in [0.1, 0.15) is 0 Å². The molecule has 0 saturated heterocycles. The molecule has 0 spiro atoms. The maximum absolute atomic E-state index is 10.8. The molecule has 1 unspecified atom stereocenters. The first-order chi connectivity index (χ1) is 6.13. The number of amides is 1. The van der Waals surface area contributed by atoms with Gasteiger partial charge in [-0.15, -0.1) is 0 Å². The van der Waals surface area contributed by atoms with Crippen LogP contribution in [0.4, 0.5) is 4.79 Å². The minimum Gasteiger partial charge on any atom is -0.469 e. The molecule has 0 aliphatic rings. The lowest BCUT2D eigenvalue weighted by Gasteiger charge is -2.14. The van der Waals surface area contributed by atoms with Crippen LogP contribution in [0.1, 0.15) is 19.8 Å². The van der Waals surface area contributed by atoms with E-state index in [2.05, 4.69) is 14.8 Å². The summed E-state index contributed by atoms with van der Waals surface area (Å²) in [5.74, 6) is -0.344. The summed E-state index contributed by atoms with van der Waals surface area (Å²) in [5, 5.41) is 2.52. The van der Waals surface area contributed by atoms with Crippen LogP contribution in [0.5, 0.6) is 0 Å². The van der Waals surface area contributed by atoms with Gasteiger partial charge in [-0.1, -0.05) is 6.92 Å². The topological polar surface area (TPSA) is 64.6 Å². The lowest BCUT2D eigenvalue weighted by Crippen LogP contribution is -2.36. The molecular weight excluding hydrogens is 174 g/mol. The molecule has 76 valence electrons. The Morgan fingerprint density at radius 2 is 1.92 bits per heavy atom. The summed E-state index contributed by atoms with van der Waals surface area (Å²) in [6, 6.07) is -0.222. The predicted octanol–water partition coefficient (Wildman–Crippen LogP) is 0.684. The van der Waals surface area contributed by atoms with Crippen molar-refractivity contribution >= 4 is 12.1 Å². The van der Waals surface area contributed by atoms with E-state index in [1.165, 1.54) is 14.2 Å². The van der Waals surface area contributed by atoms with Crippen LogP contribution in [0.3, 0.4) is 0 Å². The molecule has 0 aromatic rings. The van der Waals surface area contributed by atoms with Gasteiger partial charge < -0.3 is 14.8 Å². The maximum atomic E-state index is 10.8. The van der Waals surface area contributed by atoms with Crippen molar-refractivity contribution < 1.29 is 19.1 Å². The zero-order valence-corrected chi connectivity index (χ0v) is 8.12. The number of rotatable bonds is 4. The number of methoxy groups -OCH3 is 2. The molecule has 0 aliphatic carbocycles. The van der Waals surface area contributed by atoms with E-state index in [0.717, 1.165) is 0 Å². The Morgan fingerprint density at radius 1 is 1.31 bits per heavy atom. The van der Waals surface area contributed by atoms with E-state index in [9.17, 15) is 9.59 Å². The molecule has 13 heavy (non-hydrogen) atoms. The Hall–Kier alpha value is -1.26. The summed E-state index contributed by atoms with van der Waals surface area (Å²) < 4.78 is 8.86. The third-order valence-electron chi connectivity index (χ3n) is 1.64. The van der Waals surface area contributed by atoms with E-state index in [1.54, 1.807) is 0 Å². The molecule has 1 amide bonds. The molecule has 0 bridgehead atoms. The van der Waals surface area contributed by atoms with Crippen LogP contribution in [-0.4, -0.2) is 32.3 Å². The fraction of sp³-hybridized carbons (Fsp3) is 0.750. The summed E-state index contributed by atoms with van der Waals surface area (Å²) in [7, 11) is 2.59. The van der Waals surface area contributed by atoms with Gasteiger partial charge in [0.05, 0.1) is 20.6 Å². The molecule has 0 saturated carbocycles. The van der Waals surface area contributed by atoms with Crippen molar-refractivity contribution in [2.75, 3.05) is 14.2 Å². The number of hydrogen-bond donors (Lipinski definition) is 1. The zero-order chi connectivity index (χ0) is 10.3. The second-order valence-electron chi connectivity index (χ2n) is 2.52. The van der Waals surface area contributed by atoms with Gasteiger partial charge in [-0.25, -0.2) is 4.79 Å². The Kier molecular flexibility index (Phi) is 5.67. The van der Waals surface area contributed by atoms with E-state index < -0.39 is 6.09 Å². The van der Waals surface area contributed by atoms with Gasteiger partial charge in [-0.2, -0.15) is 0 Å². The van der Waals surface area contributed by atoms with Gasteiger partial charge in [-0.3, -0.25) is 4.79 Å². The first kappa shape index (κ1) is 11.7. The largest absolute Gasteiger partial charge is 0.469 e. The summed E-state index contributed by atoms with van der Waals surface area (Å²) in [5.41, 5.74) is 0. The summed E-state index contributed by atoms with van der Waals surface area (Å²) in [6.45, 7) is 1.86. The molecule has 0 radical (unpaired) electrons. The lowest BCUT2D eigenvalue weighted by atomic mass is 10.1. The van der Waals surface area contributed by atoms with E-state index in [1.807, 2.05) is 6.92 Å². The predicted molar refractivity (Wildman–Crippen MR) is 46.3 cm³/mol. The number of ether oxygens (including phenoxy) is 2. The smallest absolute Gasteiger partial charge is 0.407 e. The van der Waals surface area contributed by atoms with Crippen molar-refractivity contribution in [2.45, 2.75) is 25.8 Å². The van der Waals surface area contributed by atoms with Crippen molar-refractivity contribution in [1.29, 1.82) is 0 Å². The van der Waals surface area contributed by atoms with Crippen LogP contribution in [0, 0.1) is 0 Å². The van der Waals surface area contributed by atoms with E-state index >= 15 is 0 Å². The van der Waals surface area contributed by atoms with Crippen LogP contribution < -0.4 is 5.32 Å². The van der Waals surface area contributed by atoms with Crippen LogP contribution >= 0.6 is 0 Å². The molecule has 0 rings (SSSR count). The Balaban J connectivity index is 3.89. The number of carbonyl (C=O) groups is 2. The van der Waals surface area contributed by atoms with Crippen molar-refractivity contribution in [3.63, 3.8) is 0 Å². The Morgan fingerprint density at radius 3 is 2.31 bits per heavy atom. The number of esters is 1. The fourth-order valence-electron chi connectivity index (χ4n) is 0.808. The normalized spacial score (nSPS) is 11.6. The molecule has 1 atom stereocenters. The monoisotopic (exact) mass is 189 g/mol. The van der Waals surface area contributed by atoms with Crippen molar-refractivity contribution in [3.05, 3.63) is 0 Å². The summed E-state index contributed by atoms with van der Waals surface area (Å²) in [6.07, 6.45) is 0.294. The van der Waals surface area contributed by atoms with Crippen LogP contribution in [-0.2, 0) is 14.3 Å². The second-order valence-corrected chi connectivity index (χ2v) is 2.52. The molecule has 0 heterocycles. The number of carbonyl (C=O) groups excluding carboxylic acids is 2. The van der Waals surface area contributed by atoms with Gasteiger partial charge >= 0.3 is 12.1 Å². The molecule has 5 nitrogen and oxygen atoms in total. The SMILES string of the molecule is CCC(CC(=O)OC)NC(=O)OC. The van der Waals surface area contributed by atoms with Crippen molar-refractivity contribution in [2.24, 2.45) is 0 Å². The Bertz CT molecular complexity index is 163. The molecule has 5 heteroatoms. The van der Waals surface area contributed by atoms with Gasteiger partial charge in [0.15, 0.2) is 0 Å². The maximum Gasteiger partial charge on any atom is 0.407 e. The van der Waals surface area contributed by atoms with Gasteiger partial charge in [0.2, 0.25) is 0 Å². The molecular formula is C8H15NO4. The highest BCUT2D eigenvalue weighted by atomic mass is 16.5. The van der Waals surface area contributed by atoms with E-state index in [-0.39, 0.29) is 18.4 Å². The van der Waals surface area contributed by atoms with Crippen LogP contribution in [0.15, 0.2) is 0 Å². The van der Waals surface area contributed by atoms with E-state index in [4.69, 9.17) is 0 Å². The zero-order valence-electron chi connectivity index (χ0n) is 8.12. The molecule has 1 N–H and O–H groups in total. The minimum absolute atomic E-state index is 0.169. The second kappa shape index (κ2) is 6.28. The third-order valence-corrected chi connectivity index (χ3v) is 1.64. The lowest BCUT2D eigenvalue weighted by molar-refractivity contribution is -0.141. The molecule has 0 aromatic heterocycles. The summed E-state index contributed by atoms with van der Waals surface area (Å²) in [4.78, 5) is 21.6. The highest BCUT2D eigenvalue weighted by Gasteiger charge is 2.14. The first-order valence-electron chi connectivity index (χ1n) is 4.05. The third kappa shape index (κ3) is 5.05. The standard InChI is InChI=1S/C8H15NO4/c1-4-6(5-7(10)12-2)9-8(11)13-3/h6H,4-5H2,1-3H3,(H,9,11). The highest BCUT2D eigenvalue weighted by Crippen LogP contribution is 1.99. The summed E-state index contributed by atoms with van der Waals surface area (Å²) >= 11 is 0. The van der Waals surface area contributed by atoms with Crippen LogP contribution in [0.2, 0.25) is 0 Å². The molecule has 0 aromatic carbocycles. The Labute approximate surface area is 77.4 Å². The molecule has 0 fully saturated rings. The number of alkyl carbamates (subject to hydrolysis) is 1. The number of nitrogens with one attached hydrogen (secondary N) is 1. The van der Waals surface area contributed by atoms with Gasteiger partial charge in [0, 0.05) is 6.04 Å². The van der Waals surface area contributed by atoms with Gasteiger partial charge in [-0.05, 0) is 6.42 Å². The van der Waals surface area contributed by atoms with E-state index in [0.29, 0.717) is 6.42 Å². The van der Waals surface area contributed by atoms with Crippen molar-refractivity contribution in [3.8, 4) is 0 Å². The van der Waals surface area contributed by atoms with Gasteiger partial charge in [0.25, 0.3) is 0 Å². The molecule has 0 aliphatic heterocycles. The average Bonchev–Trinajstić information content (AvgIpc) is 2.16.